The summed E-state index contributed by atoms with van der Waals surface area (Å²) in [6, 6.07) is 0. The molecule has 1 fully saturated rings. The van der Waals surface area contributed by atoms with Gasteiger partial charge in [0.25, 0.3) is 0 Å². The monoisotopic (exact) mass is 365 g/mol. The van der Waals surface area contributed by atoms with Crippen LogP contribution in [0.15, 0.2) is 4.99 Å². The standard InChI is InChI=1S/C18H31N5OS/c1-13-6-5-11-23(12-13)17(24)8-10-21-18(19-4)20-9-7-16-22-14(2)15(3)25-16/h13H,5-12H2,1-4H3,(H2,19,20,21). The molecule has 2 N–H and O–H groups in total. The SMILES string of the molecule is CN=C(NCCC(=O)N1CCCC(C)C1)NCCc1nc(C)c(C)s1. The molecular formula is C18H31N5OS. The van der Waals surface area contributed by atoms with Crippen molar-refractivity contribution >= 4 is 23.2 Å². The summed E-state index contributed by atoms with van der Waals surface area (Å²) >= 11 is 1.75. The molecular weight excluding hydrogens is 334 g/mol. The Morgan fingerprint density at radius 1 is 1.36 bits per heavy atom. The van der Waals surface area contributed by atoms with Crippen LogP contribution >= 0.6 is 11.3 Å². The molecule has 0 saturated carbocycles. The fourth-order valence-electron chi connectivity index (χ4n) is 3.02. The predicted molar refractivity (Wildman–Crippen MR) is 104 cm³/mol. The van der Waals surface area contributed by atoms with Crippen molar-refractivity contribution < 1.29 is 4.79 Å². The Bertz CT molecular complexity index is 579. The van der Waals surface area contributed by atoms with Crippen LogP contribution in [0.5, 0.6) is 0 Å². The Balaban J connectivity index is 1.65. The molecule has 140 valence electrons. The average molecular weight is 366 g/mol. The molecule has 25 heavy (non-hydrogen) atoms. The molecule has 1 aromatic heterocycles. The van der Waals surface area contributed by atoms with E-state index in [2.05, 4.69) is 34.5 Å². The Morgan fingerprint density at radius 3 is 2.76 bits per heavy atom. The minimum Gasteiger partial charge on any atom is -0.356 e. The first-order valence-electron chi connectivity index (χ1n) is 9.14. The quantitative estimate of drug-likeness (QED) is 0.598. The molecule has 7 heteroatoms. The van der Waals surface area contributed by atoms with E-state index in [9.17, 15) is 4.79 Å². The molecule has 0 bridgehead atoms. The zero-order valence-electron chi connectivity index (χ0n) is 15.9. The maximum absolute atomic E-state index is 12.3. The van der Waals surface area contributed by atoms with Crippen molar-refractivity contribution in [3.8, 4) is 0 Å². The van der Waals surface area contributed by atoms with Crippen LogP contribution in [-0.2, 0) is 11.2 Å². The molecule has 1 saturated heterocycles. The number of amides is 1. The zero-order valence-corrected chi connectivity index (χ0v) is 16.7. The third-order valence-electron chi connectivity index (χ3n) is 4.57. The highest BCUT2D eigenvalue weighted by molar-refractivity contribution is 7.11. The molecule has 1 amide bonds. The van der Waals surface area contributed by atoms with E-state index in [4.69, 9.17) is 0 Å². The summed E-state index contributed by atoms with van der Waals surface area (Å²) in [5.41, 5.74) is 1.12. The van der Waals surface area contributed by atoms with Crippen LogP contribution in [0.1, 0.15) is 41.8 Å². The van der Waals surface area contributed by atoms with Crippen LogP contribution in [0.2, 0.25) is 0 Å². The summed E-state index contributed by atoms with van der Waals surface area (Å²) in [7, 11) is 1.75. The molecule has 0 aliphatic carbocycles. The molecule has 0 aromatic carbocycles. The first-order valence-corrected chi connectivity index (χ1v) is 9.96. The van der Waals surface area contributed by atoms with E-state index < -0.39 is 0 Å². The summed E-state index contributed by atoms with van der Waals surface area (Å²) in [6.45, 7) is 9.56. The number of likely N-dealkylation sites (tertiary alicyclic amines) is 1. The van der Waals surface area contributed by atoms with Gasteiger partial charge in [0.05, 0.1) is 10.7 Å². The lowest BCUT2D eigenvalue weighted by Gasteiger charge is -2.31. The van der Waals surface area contributed by atoms with E-state index in [-0.39, 0.29) is 5.91 Å². The largest absolute Gasteiger partial charge is 0.356 e. The molecule has 2 heterocycles. The Hall–Kier alpha value is -1.63. The number of carbonyl (C=O) groups excluding carboxylic acids is 1. The normalized spacial score (nSPS) is 18.3. The first kappa shape index (κ1) is 19.7. The Morgan fingerprint density at radius 2 is 2.12 bits per heavy atom. The van der Waals surface area contributed by atoms with Crippen LogP contribution in [0.3, 0.4) is 0 Å². The van der Waals surface area contributed by atoms with E-state index >= 15 is 0 Å². The van der Waals surface area contributed by atoms with Crippen LogP contribution in [0.25, 0.3) is 0 Å². The summed E-state index contributed by atoms with van der Waals surface area (Å²) in [6.07, 6.45) is 3.75. The van der Waals surface area contributed by atoms with Gasteiger partial charge in [-0.2, -0.15) is 0 Å². The van der Waals surface area contributed by atoms with Gasteiger partial charge in [0, 0.05) is 50.9 Å². The van der Waals surface area contributed by atoms with Gasteiger partial charge in [0.2, 0.25) is 5.91 Å². The van der Waals surface area contributed by atoms with Gasteiger partial charge in [0.15, 0.2) is 5.96 Å². The third-order valence-corrected chi connectivity index (χ3v) is 5.70. The number of aryl methyl sites for hydroxylation is 2. The first-order chi connectivity index (χ1) is 12.0. The fourth-order valence-corrected chi connectivity index (χ4v) is 3.95. The minimum atomic E-state index is 0.239. The second-order valence-corrected chi connectivity index (χ2v) is 8.05. The van der Waals surface area contributed by atoms with E-state index in [1.807, 2.05) is 11.8 Å². The van der Waals surface area contributed by atoms with Crippen molar-refractivity contribution in [3.63, 3.8) is 0 Å². The van der Waals surface area contributed by atoms with Crippen LogP contribution in [-0.4, -0.2) is 55.0 Å². The highest BCUT2D eigenvalue weighted by Crippen LogP contribution is 2.17. The Kier molecular flexibility index (Phi) is 7.68. The molecule has 2 rings (SSSR count). The van der Waals surface area contributed by atoms with Crippen molar-refractivity contribution in [2.75, 3.05) is 33.2 Å². The highest BCUT2D eigenvalue weighted by Gasteiger charge is 2.20. The maximum Gasteiger partial charge on any atom is 0.224 e. The lowest BCUT2D eigenvalue weighted by Crippen LogP contribution is -2.42. The van der Waals surface area contributed by atoms with Crippen LogP contribution < -0.4 is 10.6 Å². The molecule has 6 nitrogen and oxygen atoms in total. The number of aromatic nitrogens is 1. The summed E-state index contributed by atoms with van der Waals surface area (Å²) in [5.74, 6) is 1.60. The number of piperidine rings is 1. The predicted octanol–water partition coefficient (Wildman–Crippen LogP) is 2.12. The molecule has 0 spiro atoms. The number of rotatable bonds is 6. The number of carbonyl (C=O) groups is 1. The van der Waals surface area contributed by atoms with Crippen molar-refractivity contribution in [2.45, 2.75) is 46.5 Å². The van der Waals surface area contributed by atoms with E-state index in [1.54, 1.807) is 18.4 Å². The number of nitrogens with zero attached hydrogens (tertiary/aromatic N) is 3. The number of thiazole rings is 1. The van der Waals surface area contributed by atoms with Crippen molar-refractivity contribution in [3.05, 3.63) is 15.6 Å². The van der Waals surface area contributed by atoms with Crippen LogP contribution in [0.4, 0.5) is 0 Å². The summed E-state index contributed by atoms with van der Waals surface area (Å²) < 4.78 is 0. The molecule has 1 atom stereocenters. The number of hydrogen-bond acceptors (Lipinski definition) is 4. The topological polar surface area (TPSA) is 69.6 Å². The van der Waals surface area contributed by atoms with Crippen molar-refractivity contribution in [1.82, 2.24) is 20.5 Å². The number of aliphatic imine (C=N–C) groups is 1. The highest BCUT2D eigenvalue weighted by atomic mass is 32.1. The molecule has 1 aromatic rings. The van der Waals surface area contributed by atoms with Crippen molar-refractivity contribution in [1.29, 1.82) is 0 Å². The van der Waals surface area contributed by atoms with Gasteiger partial charge in [-0.1, -0.05) is 6.92 Å². The average Bonchev–Trinajstić information content (AvgIpc) is 2.91. The minimum absolute atomic E-state index is 0.239. The van der Waals surface area contributed by atoms with Gasteiger partial charge in [-0.05, 0) is 32.6 Å². The molecule has 0 radical (unpaired) electrons. The Labute approximate surface area is 155 Å². The lowest BCUT2D eigenvalue weighted by molar-refractivity contribution is -0.132. The third kappa shape index (κ3) is 6.30. The lowest BCUT2D eigenvalue weighted by atomic mass is 10.00. The zero-order chi connectivity index (χ0) is 18.2. The van der Waals surface area contributed by atoms with Crippen molar-refractivity contribution in [2.24, 2.45) is 10.9 Å². The summed E-state index contributed by atoms with van der Waals surface area (Å²) in [5, 5.41) is 7.66. The van der Waals surface area contributed by atoms with Gasteiger partial charge in [-0.15, -0.1) is 11.3 Å². The molecule has 1 aliphatic rings. The van der Waals surface area contributed by atoms with E-state index in [0.717, 1.165) is 49.1 Å². The van der Waals surface area contributed by atoms with E-state index in [0.29, 0.717) is 18.9 Å². The maximum atomic E-state index is 12.3. The van der Waals surface area contributed by atoms with Gasteiger partial charge < -0.3 is 15.5 Å². The van der Waals surface area contributed by atoms with E-state index in [1.165, 1.54) is 11.3 Å². The number of guanidine groups is 1. The molecule has 1 unspecified atom stereocenters. The van der Waals surface area contributed by atoms with Gasteiger partial charge >= 0.3 is 0 Å². The van der Waals surface area contributed by atoms with Gasteiger partial charge in [0.1, 0.15) is 0 Å². The van der Waals surface area contributed by atoms with Gasteiger partial charge in [-0.3, -0.25) is 9.79 Å². The second kappa shape index (κ2) is 9.75. The number of nitrogens with one attached hydrogen (secondary N) is 2. The van der Waals surface area contributed by atoms with Crippen LogP contribution in [0, 0.1) is 19.8 Å². The smallest absolute Gasteiger partial charge is 0.224 e. The molecule has 1 aliphatic heterocycles. The number of hydrogen-bond donors (Lipinski definition) is 2. The van der Waals surface area contributed by atoms with Gasteiger partial charge in [-0.25, -0.2) is 4.98 Å². The fraction of sp³-hybridized carbons (Fsp3) is 0.722. The summed E-state index contributed by atoms with van der Waals surface area (Å²) in [4.78, 5) is 24.3. The second-order valence-electron chi connectivity index (χ2n) is 6.76.